The van der Waals surface area contributed by atoms with Gasteiger partial charge in [-0.2, -0.15) is 0 Å². The van der Waals surface area contributed by atoms with Crippen LogP contribution in [0.3, 0.4) is 0 Å². The Morgan fingerprint density at radius 3 is 2.38 bits per heavy atom. The minimum atomic E-state index is -3.42. The van der Waals surface area contributed by atoms with Crippen LogP contribution in [0.4, 0.5) is 21.9 Å². The third kappa shape index (κ3) is 4.04. The number of nitro benzene ring substituents is 1. The summed E-state index contributed by atoms with van der Waals surface area (Å²) in [4.78, 5) is 35.0. The fourth-order valence-corrected chi connectivity index (χ4v) is 3.54. The molecule has 0 fully saturated rings. The van der Waals surface area contributed by atoms with E-state index in [4.69, 9.17) is 4.74 Å². The van der Waals surface area contributed by atoms with Crippen LogP contribution in [-0.4, -0.2) is 31.6 Å². The fraction of sp³-hybridized carbons (Fsp3) is 0.222. The number of hydrogen-bond donors (Lipinski definition) is 2. The minimum absolute atomic E-state index is 0.0449. The zero-order chi connectivity index (χ0) is 21.6. The number of nitrogens with one attached hydrogen (secondary N) is 2. The number of nitrogens with zero attached hydrogens (tertiary/aromatic N) is 1. The second-order valence-corrected chi connectivity index (χ2v) is 8.96. The highest BCUT2D eigenvalue weighted by atomic mass is 32.2. The maximum absolute atomic E-state index is 12.5. The van der Waals surface area contributed by atoms with E-state index < -0.39 is 38.0 Å². The Balaban J connectivity index is 1.99. The van der Waals surface area contributed by atoms with Crippen LogP contribution >= 0.6 is 0 Å². The van der Waals surface area contributed by atoms with Crippen molar-refractivity contribution in [1.29, 1.82) is 0 Å². The Labute approximate surface area is 165 Å². The molecule has 2 aromatic carbocycles. The van der Waals surface area contributed by atoms with E-state index in [9.17, 15) is 28.1 Å². The summed E-state index contributed by atoms with van der Waals surface area (Å²) in [7, 11) is -3.42. The maximum atomic E-state index is 12.5. The van der Waals surface area contributed by atoms with Crippen LogP contribution in [0.25, 0.3) is 0 Å². The predicted octanol–water partition coefficient (Wildman–Crippen LogP) is 3.05. The number of ether oxygens (including phenoxy) is 1. The molecule has 2 N–H and O–H groups in total. The van der Waals surface area contributed by atoms with Crippen LogP contribution in [0, 0.1) is 10.1 Å². The van der Waals surface area contributed by atoms with Crippen molar-refractivity contribution in [3.8, 4) is 0 Å². The van der Waals surface area contributed by atoms with E-state index in [1.165, 1.54) is 30.3 Å². The van der Waals surface area contributed by atoms with Gasteiger partial charge in [-0.15, -0.1) is 0 Å². The lowest BCUT2D eigenvalue weighted by molar-refractivity contribution is -0.383. The monoisotopic (exact) mass is 419 g/mol. The fourth-order valence-electron chi connectivity index (χ4n) is 2.91. The first-order valence-electron chi connectivity index (χ1n) is 8.33. The van der Waals surface area contributed by atoms with E-state index in [-0.39, 0.29) is 21.8 Å². The molecule has 0 aromatic heterocycles. The number of amides is 2. The van der Waals surface area contributed by atoms with Crippen molar-refractivity contribution < 1.29 is 27.7 Å². The number of benzene rings is 2. The molecule has 152 valence electrons. The molecule has 3 rings (SSSR count). The zero-order valence-electron chi connectivity index (χ0n) is 15.7. The van der Waals surface area contributed by atoms with Gasteiger partial charge in [0.2, 0.25) is 0 Å². The number of carbonyl (C=O) groups excluding carboxylic acids is 2. The molecule has 0 radical (unpaired) electrons. The summed E-state index contributed by atoms with van der Waals surface area (Å²) < 4.78 is 28.3. The molecule has 0 aliphatic carbocycles. The van der Waals surface area contributed by atoms with E-state index in [1.807, 2.05) is 0 Å². The van der Waals surface area contributed by atoms with Gasteiger partial charge in [-0.1, -0.05) is 0 Å². The molecule has 2 aromatic rings. The van der Waals surface area contributed by atoms with Gasteiger partial charge in [-0.25, -0.2) is 13.2 Å². The lowest BCUT2D eigenvalue weighted by Crippen LogP contribution is -2.35. The van der Waals surface area contributed by atoms with Crippen molar-refractivity contribution in [2.24, 2.45) is 0 Å². The lowest BCUT2D eigenvalue weighted by atomic mass is 9.93. The molecule has 0 saturated carbocycles. The molecule has 1 aliphatic heterocycles. The van der Waals surface area contributed by atoms with Gasteiger partial charge in [0.15, 0.2) is 9.84 Å². The molecule has 11 heteroatoms. The summed E-state index contributed by atoms with van der Waals surface area (Å²) >= 11 is 0. The van der Waals surface area contributed by atoms with E-state index >= 15 is 0 Å². The molecule has 1 aliphatic rings. The summed E-state index contributed by atoms with van der Waals surface area (Å²) in [5.74, 6) is -0.660. The second kappa shape index (κ2) is 6.85. The van der Waals surface area contributed by atoms with Crippen molar-refractivity contribution in [1.82, 2.24) is 0 Å². The summed E-state index contributed by atoms with van der Waals surface area (Å²) in [6, 6.07) is 7.69. The zero-order valence-corrected chi connectivity index (χ0v) is 16.5. The average molecular weight is 419 g/mol. The summed E-state index contributed by atoms with van der Waals surface area (Å²) in [6.07, 6.45) is 0.306. The normalized spacial score (nSPS) is 14.9. The molecule has 0 spiro atoms. The number of hydrogen-bond acceptors (Lipinski definition) is 7. The molecule has 0 atom stereocenters. The van der Waals surface area contributed by atoms with Gasteiger partial charge >= 0.3 is 6.09 Å². The molecule has 0 saturated heterocycles. The van der Waals surface area contributed by atoms with Gasteiger partial charge in [0.1, 0.15) is 11.3 Å². The minimum Gasteiger partial charge on any atom is -0.438 e. The molecule has 2 amide bonds. The first-order valence-corrected chi connectivity index (χ1v) is 10.2. The third-order valence-electron chi connectivity index (χ3n) is 4.36. The van der Waals surface area contributed by atoms with Crippen molar-refractivity contribution in [3.63, 3.8) is 0 Å². The molecular weight excluding hydrogens is 402 g/mol. The number of cyclic esters (lactones) is 1. The first-order chi connectivity index (χ1) is 13.4. The van der Waals surface area contributed by atoms with E-state index in [2.05, 4.69) is 10.6 Å². The Morgan fingerprint density at radius 2 is 1.83 bits per heavy atom. The summed E-state index contributed by atoms with van der Waals surface area (Å²) in [6.45, 7) is 3.23. The number of carbonyl (C=O) groups is 2. The third-order valence-corrected chi connectivity index (χ3v) is 5.49. The summed E-state index contributed by atoms with van der Waals surface area (Å²) in [5, 5.41) is 16.3. The Morgan fingerprint density at radius 1 is 1.21 bits per heavy atom. The Bertz CT molecular complexity index is 1140. The second-order valence-electron chi connectivity index (χ2n) is 6.95. The van der Waals surface area contributed by atoms with Crippen molar-refractivity contribution in [3.05, 3.63) is 57.6 Å². The topological polar surface area (TPSA) is 145 Å². The number of anilines is 2. The molecule has 0 bridgehead atoms. The van der Waals surface area contributed by atoms with Gasteiger partial charge in [0.05, 0.1) is 15.5 Å². The standard InChI is InChI=1S/C18H17N3O7S/c1-18(2)12-8-14(15(21(24)25)9-13(12)20-17(23)28-18)19-16(22)10-4-6-11(7-5-10)29(3,26)27/h4-9H,1-3H3,(H,19,22)(H,20,23). The average Bonchev–Trinajstić information content (AvgIpc) is 2.60. The Kier molecular flexibility index (Phi) is 4.79. The number of sulfone groups is 1. The van der Waals surface area contributed by atoms with Gasteiger partial charge in [0.25, 0.3) is 11.6 Å². The Hall–Kier alpha value is -3.47. The molecule has 0 unspecified atom stereocenters. The molecule has 10 nitrogen and oxygen atoms in total. The lowest BCUT2D eigenvalue weighted by Gasteiger charge is -2.32. The summed E-state index contributed by atoms with van der Waals surface area (Å²) in [5.41, 5.74) is -0.780. The highest BCUT2D eigenvalue weighted by molar-refractivity contribution is 7.90. The van der Waals surface area contributed by atoms with Gasteiger partial charge in [-0.3, -0.25) is 20.2 Å². The predicted molar refractivity (Wildman–Crippen MR) is 104 cm³/mol. The largest absolute Gasteiger partial charge is 0.438 e. The van der Waals surface area contributed by atoms with Crippen molar-refractivity contribution in [2.75, 3.05) is 16.9 Å². The number of nitro groups is 1. The van der Waals surface area contributed by atoms with Gasteiger partial charge in [0, 0.05) is 23.4 Å². The van der Waals surface area contributed by atoms with Crippen LogP contribution in [0.2, 0.25) is 0 Å². The molecule has 1 heterocycles. The quantitative estimate of drug-likeness (QED) is 0.572. The van der Waals surface area contributed by atoms with Gasteiger partial charge < -0.3 is 10.1 Å². The SMILES string of the molecule is CC1(C)OC(=O)Nc2cc([N+](=O)[O-])c(NC(=O)c3ccc(S(C)(=O)=O)cc3)cc21. The van der Waals surface area contributed by atoms with E-state index in [0.717, 1.165) is 12.3 Å². The first kappa shape index (κ1) is 20.3. The van der Waals surface area contributed by atoms with Gasteiger partial charge in [-0.05, 0) is 44.2 Å². The highest BCUT2D eigenvalue weighted by Crippen LogP contribution is 2.41. The van der Waals surface area contributed by atoms with E-state index in [1.54, 1.807) is 13.8 Å². The molecule has 29 heavy (non-hydrogen) atoms. The van der Waals surface area contributed by atoms with Crippen LogP contribution in [0.5, 0.6) is 0 Å². The number of fused-ring (bicyclic) bond motifs is 1. The van der Waals surface area contributed by atoms with Crippen LogP contribution in [-0.2, 0) is 20.2 Å². The van der Waals surface area contributed by atoms with Crippen LogP contribution in [0.15, 0.2) is 41.3 Å². The van der Waals surface area contributed by atoms with E-state index in [0.29, 0.717) is 5.56 Å². The van der Waals surface area contributed by atoms with Crippen molar-refractivity contribution >= 4 is 38.9 Å². The maximum Gasteiger partial charge on any atom is 0.412 e. The smallest absolute Gasteiger partial charge is 0.412 e. The highest BCUT2D eigenvalue weighted by Gasteiger charge is 2.36. The molecular formula is C18H17N3O7S. The van der Waals surface area contributed by atoms with Crippen LogP contribution < -0.4 is 10.6 Å². The van der Waals surface area contributed by atoms with Crippen LogP contribution in [0.1, 0.15) is 29.8 Å². The number of rotatable bonds is 4. The van der Waals surface area contributed by atoms with Crippen molar-refractivity contribution in [2.45, 2.75) is 24.3 Å².